The van der Waals surface area contributed by atoms with Gasteiger partial charge in [-0.05, 0) is 31.2 Å². The maximum absolute atomic E-state index is 12.9. The highest BCUT2D eigenvalue weighted by Crippen LogP contribution is 2.31. The lowest BCUT2D eigenvalue weighted by Crippen LogP contribution is -2.37. The van der Waals surface area contributed by atoms with Gasteiger partial charge in [0.25, 0.3) is 5.91 Å². The van der Waals surface area contributed by atoms with Gasteiger partial charge in [-0.2, -0.15) is 0 Å². The zero-order chi connectivity index (χ0) is 15.7. The summed E-state index contributed by atoms with van der Waals surface area (Å²) in [7, 11) is 1.54. The predicted molar refractivity (Wildman–Crippen MR) is 84.8 cm³/mol. The van der Waals surface area contributed by atoms with Gasteiger partial charge in [-0.1, -0.05) is 23.8 Å². The third-order valence-electron chi connectivity index (χ3n) is 3.89. The molecule has 0 bridgehead atoms. The topological polar surface area (TPSA) is 46.6 Å². The van der Waals surface area contributed by atoms with Crippen LogP contribution in [-0.4, -0.2) is 25.3 Å². The van der Waals surface area contributed by atoms with Gasteiger partial charge in [0.2, 0.25) is 0 Å². The number of anilines is 1. The Kier molecular flexibility index (Phi) is 3.67. The first-order chi connectivity index (χ1) is 10.6. The van der Waals surface area contributed by atoms with Crippen molar-refractivity contribution in [2.45, 2.75) is 13.3 Å². The van der Waals surface area contributed by atoms with E-state index in [2.05, 4.69) is 0 Å². The van der Waals surface area contributed by atoms with Crippen LogP contribution in [-0.2, 0) is 0 Å². The minimum atomic E-state index is -0.143. The molecule has 4 heteroatoms. The molecule has 112 valence electrons. The molecule has 1 amide bonds. The molecule has 1 heterocycles. The maximum Gasteiger partial charge on any atom is 0.262 e. The number of Topliss-reactive ketones (excluding diaryl/α,β-unsaturated/α-hetero) is 1. The van der Waals surface area contributed by atoms with Gasteiger partial charge in [0.05, 0.1) is 18.4 Å². The van der Waals surface area contributed by atoms with Crippen LogP contribution in [0.25, 0.3) is 0 Å². The summed E-state index contributed by atoms with van der Waals surface area (Å²) in [6.45, 7) is 2.33. The molecule has 3 rings (SSSR count). The van der Waals surface area contributed by atoms with E-state index in [1.54, 1.807) is 30.2 Å². The molecule has 2 aromatic carbocycles. The molecule has 0 N–H and O–H groups in total. The Hall–Kier alpha value is -2.62. The number of fused-ring (bicyclic) bond motifs is 1. The van der Waals surface area contributed by atoms with E-state index in [0.717, 1.165) is 5.56 Å². The van der Waals surface area contributed by atoms with Crippen molar-refractivity contribution < 1.29 is 14.3 Å². The number of benzene rings is 2. The number of nitrogens with zero attached hydrogens (tertiary/aromatic N) is 1. The van der Waals surface area contributed by atoms with Crippen LogP contribution in [0, 0.1) is 6.92 Å². The van der Waals surface area contributed by atoms with E-state index in [4.69, 9.17) is 4.74 Å². The fraction of sp³-hybridized carbons (Fsp3) is 0.222. The number of hydrogen-bond acceptors (Lipinski definition) is 3. The molecular weight excluding hydrogens is 278 g/mol. The highest BCUT2D eigenvalue weighted by Gasteiger charge is 2.29. The fourth-order valence-corrected chi connectivity index (χ4v) is 2.75. The van der Waals surface area contributed by atoms with E-state index in [1.165, 1.54) is 0 Å². The number of methoxy groups -OCH3 is 1. The summed E-state index contributed by atoms with van der Waals surface area (Å²) >= 11 is 0. The van der Waals surface area contributed by atoms with Crippen LogP contribution >= 0.6 is 0 Å². The van der Waals surface area contributed by atoms with Gasteiger partial charge in [-0.3, -0.25) is 9.59 Å². The zero-order valence-corrected chi connectivity index (χ0v) is 12.6. The second-order valence-electron chi connectivity index (χ2n) is 5.35. The lowest BCUT2D eigenvalue weighted by Gasteiger charge is -2.29. The van der Waals surface area contributed by atoms with Crippen molar-refractivity contribution >= 4 is 17.4 Å². The quantitative estimate of drug-likeness (QED) is 0.854. The number of hydrogen-bond donors (Lipinski definition) is 0. The van der Waals surface area contributed by atoms with Crippen LogP contribution in [0.15, 0.2) is 42.5 Å². The van der Waals surface area contributed by atoms with Gasteiger partial charge in [0.15, 0.2) is 5.78 Å². The first-order valence-corrected chi connectivity index (χ1v) is 7.20. The van der Waals surface area contributed by atoms with E-state index < -0.39 is 0 Å². The standard InChI is InChI=1S/C18H17NO3/c1-12-7-8-15-14(11-12)16(20)9-10-19(15)18(21)13-5-3-4-6-17(13)22-2/h3-8,11H,9-10H2,1-2H3. The Morgan fingerprint density at radius 1 is 1.18 bits per heavy atom. The summed E-state index contributed by atoms with van der Waals surface area (Å²) in [5, 5.41) is 0. The van der Waals surface area contributed by atoms with Crippen LogP contribution < -0.4 is 9.64 Å². The molecule has 0 aliphatic carbocycles. The van der Waals surface area contributed by atoms with Crippen molar-refractivity contribution in [3.63, 3.8) is 0 Å². The van der Waals surface area contributed by atoms with Crippen molar-refractivity contribution in [1.82, 2.24) is 0 Å². The third-order valence-corrected chi connectivity index (χ3v) is 3.89. The fourth-order valence-electron chi connectivity index (χ4n) is 2.75. The molecule has 0 saturated heterocycles. The molecule has 2 aromatic rings. The summed E-state index contributed by atoms with van der Waals surface area (Å²) in [5.74, 6) is 0.482. The molecule has 0 aromatic heterocycles. The highest BCUT2D eigenvalue weighted by molar-refractivity contribution is 6.14. The van der Waals surface area contributed by atoms with Crippen molar-refractivity contribution in [3.05, 3.63) is 59.2 Å². The number of ether oxygens (including phenoxy) is 1. The number of carbonyl (C=O) groups excluding carboxylic acids is 2. The third kappa shape index (κ3) is 2.37. The van der Waals surface area contributed by atoms with Gasteiger partial charge in [0, 0.05) is 18.5 Å². The van der Waals surface area contributed by atoms with Gasteiger partial charge in [0.1, 0.15) is 5.75 Å². The Balaban J connectivity index is 2.05. The van der Waals surface area contributed by atoms with E-state index in [0.29, 0.717) is 35.5 Å². The van der Waals surface area contributed by atoms with Gasteiger partial charge >= 0.3 is 0 Å². The lowest BCUT2D eigenvalue weighted by molar-refractivity contribution is 0.0953. The number of para-hydroxylation sites is 1. The van der Waals surface area contributed by atoms with Crippen molar-refractivity contribution in [3.8, 4) is 5.75 Å². The Bertz CT molecular complexity index is 752. The van der Waals surface area contributed by atoms with Crippen LogP contribution in [0.5, 0.6) is 5.75 Å². The summed E-state index contributed by atoms with van der Waals surface area (Å²) in [5.41, 5.74) is 2.82. The summed E-state index contributed by atoms with van der Waals surface area (Å²) in [6.07, 6.45) is 0.345. The van der Waals surface area contributed by atoms with Gasteiger partial charge in [-0.15, -0.1) is 0 Å². The number of ketones is 1. The van der Waals surface area contributed by atoms with Gasteiger partial charge in [-0.25, -0.2) is 0 Å². The molecule has 0 atom stereocenters. The summed E-state index contributed by atoms with van der Waals surface area (Å²) < 4.78 is 5.27. The SMILES string of the molecule is COc1ccccc1C(=O)N1CCC(=O)c2cc(C)ccc21. The molecule has 1 aliphatic heterocycles. The van der Waals surface area contributed by atoms with Crippen molar-refractivity contribution in [2.75, 3.05) is 18.6 Å². The molecule has 0 saturated carbocycles. The highest BCUT2D eigenvalue weighted by atomic mass is 16.5. The monoisotopic (exact) mass is 295 g/mol. The minimum Gasteiger partial charge on any atom is -0.496 e. The van der Waals surface area contributed by atoms with E-state index >= 15 is 0 Å². The molecule has 0 spiro atoms. The number of rotatable bonds is 2. The maximum atomic E-state index is 12.9. The minimum absolute atomic E-state index is 0.0859. The van der Waals surface area contributed by atoms with E-state index in [9.17, 15) is 9.59 Å². The predicted octanol–water partition coefficient (Wildman–Crippen LogP) is 3.24. The van der Waals surface area contributed by atoms with Crippen LogP contribution in [0.3, 0.4) is 0 Å². The van der Waals surface area contributed by atoms with Crippen LogP contribution in [0.1, 0.15) is 32.7 Å². The zero-order valence-electron chi connectivity index (χ0n) is 12.6. The first kappa shape index (κ1) is 14.3. The van der Waals surface area contributed by atoms with Crippen LogP contribution in [0.4, 0.5) is 5.69 Å². The number of amides is 1. The Morgan fingerprint density at radius 3 is 2.73 bits per heavy atom. The van der Waals surface area contributed by atoms with Gasteiger partial charge < -0.3 is 9.64 Å². The Morgan fingerprint density at radius 2 is 1.95 bits per heavy atom. The summed E-state index contributed by atoms with van der Waals surface area (Å²) in [6, 6.07) is 12.7. The molecule has 1 aliphatic rings. The molecule has 0 fully saturated rings. The average Bonchev–Trinajstić information content (AvgIpc) is 2.55. The van der Waals surface area contributed by atoms with Crippen LogP contribution in [0.2, 0.25) is 0 Å². The second-order valence-corrected chi connectivity index (χ2v) is 5.35. The lowest BCUT2D eigenvalue weighted by atomic mass is 9.97. The first-order valence-electron chi connectivity index (χ1n) is 7.20. The largest absolute Gasteiger partial charge is 0.496 e. The smallest absolute Gasteiger partial charge is 0.262 e. The number of aryl methyl sites for hydroxylation is 1. The van der Waals surface area contributed by atoms with Crippen molar-refractivity contribution in [2.24, 2.45) is 0 Å². The molecule has 4 nitrogen and oxygen atoms in total. The normalized spacial score (nSPS) is 13.7. The average molecular weight is 295 g/mol. The molecule has 22 heavy (non-hydrogen) atoms. The van der Waals surface area contributed by atoms with E-state index in [-0.39, 0.29) is 11.7 Å². The van der Waals surface area contributed by atoms with Crippen molar-refractivity contribution in [1.29, 1.82) is 0 Å². The summed E-state index contributed by atoms with van der Waals surface area (Å²) in [4.78, 5) is 26.6. The second kappa shape index (κ2) is 5.64. The number of carbonyl (C=O) groups is 2. The molecule has 0 radical (unpaired) electrons. The molecule has 0 unspecified atom stereocenters. The molecular formula is C18H17NO3. The van der Waals surface area contributed by atoms with E-state index in [1.807, 2.05) is 31.2 Å². The Labute approximate surface area is 129 Å².